The molecule has 1 aromatic rings. The maximum Gasteiger partial charge on any atom is 0.0646 e. The molecule has 0 aromatic carbocycles. The normalized spacial score (nSPS) is 8.22. The van der Waals surface area contributed by atoms with Gasteiger partial charge in [0.05, 0.1) is 11.8 Å². The Labute approximate surface area is 54.5 Å². The van der Waals surface area contributed by atoms with Crippen LogP contribution in [0.15, 0.2) is 12.4 Å². The van der Waals surface area contributed by atoms with Gasteiger partial charge in [-0.3, -0.25) is 4.68 Å². The SMILES string of the molecule is CC#Cc1cnn(C)c1. The second-order valence-electron chi connectivity index (χ2n) is 1.78. The van der Waals surface area contributed by atoms with E-state index in [9.17, 15) is 0 Å². The molecule has 46 valence electrons. The summed E-state index contributed by atoms with van der Waals surface area (Å²) >= 11 is 0. The molecule has 2 heteroatoms. The van der Waals surface area contributed by atoms with E-state index in [0.717, 1.165) is 5.56 Å². The molecule has 0 atom stereocenters. The number of nitrogens with zero attached hydrogens (tertiary/aromatic N) is 2. The van der Waals surface area contributed by atoms with E-state index in [1.165, 1.54) is 0 Å². The summed E-state index contributed by atoms with van der Waals surface area (Å²) in [5, 5.41) is 3.95. The van der Waals surface area contributed by atoms with Gasteiger partial charge in [-0.05, 0) is 6.92 Å². The zero-order chi connectivity index (χ0) is 6.69. The van der Waals surface area contributed by atoms with Crippen molar-refractivity contribution < 1.29 is 0 Å². The van der Waals surface area contributed by atoms with Crippen molar-refractivity contribution in [3.8, 4) is 11.8 Å². The van der Waals surface area contributed by atoms with E-state index in [2.05, 4.69) is 16.9 Å². The van der Waals surface area contributed by atoms with Crippen molar-refractivity contribution >= 4 is 0 Å². The Bertz CT molecular complexity index is 249. The third kappa shape index (κ3) is 1.33. The summed E-state index contributed by atoms with van der Waals surface area (Å²) in [6, 6.07) is 0. The van der Waals surface area contributed by atoms with E-state index in [1.54, 1.807) is 10.9 Å². The van der Waals surface area contributed by atoms with Crippen LogP contribution in [-0.4, -0.2) is 9.78 Å². The van der Waals surface area contributed by atoms with Gasteiger partial charge in [-0.25, -0.2) is 0 Å². The van der Waals surface area contributed by atoms with Gasteiger partial charge < -0.3 is 0 Å². The van der Waals surface area contributed by atoms with Crippen LogP contribution in [0.3, 0.4) is 0 Å². The van der Waals surface area contributed by atoms with Crippen LogP contribution in [0.5, 0.6) is 0 Å². The first-order valence-corrected chi connectivity index (χ1v) is 2.74. The third-order valence-electron chi connectivity index (χ3n) is 0.974. The number of rotatable bonds is 0. The summed E-state index contributed by atoms with van der Waals surface area (Å²) < 4.78 is 1.74. The quantitative estimate of drug-likeness (QED) is 0.463. The molecule has 0 saturated carbocycles. The maximum absolute atomic E-state index is 3.95. The molecule has 0 spiro atoms. The van der Waals surface area contributed by atoms with Crippen LogP contribution in [0.1, 0.15) is 12.5 Å². The molecule has 0 amide bonds. The van der Waals surface area contributed by atoms with Gasteiger partial charge >= 0.3 is 0 Å². The topological polar surface area (TPSA) is 17.8 Å². The molecule has 1 aromatic heterocycles. The molecule has 0 bridgehead atoms. The van der Waals surface area contributed by atoms with Crippen LogP contribution in [-0.2, 0) is 7.05 Å². The number of hydrogen-bond acceptors (Lipinski definition) is 1. The minimum atomic E-state index is 0.972. The van der Waals surface area contributed by atoms with Crippen molar-refractivity contribution in [2.75, 3.05) is 0 Å². The van der Waals surface area contributed by atoms with Crippen LogP contribution in [0.4, 0.5) is 0 Å². The van der Waals surface area contributed by atoms with Crippen LogP contribution in [0.25, 0.3) is 0 Å². The van der Waals surface area contributed by atoms with Gasteiger partial charge in [-0.1, -0.05) is 5.92 Å². The second-order valence-corrected chi connectivity index (χ2v) is 1.78. The zero-order valence-corrected chi connectivity index (χ0v) is 5.55. The highest BCUT2D eigenvalue weighted by atomic mass is 15.2. The Morgan fingerprint density at radius 2 is 2.44 bits per heavy atom. The van der Waals surface area contributed by atoms with Gasteiger partial charge in [0.2, 0.25) is 0 Å². The second kappa shape index (κ2) is 2.36. The van der Waals surface area contributed by atoms with Crippen molar-refractivity contribution in [2.45, 2.75) is 6.92 Å². The lowest BCUT2D eigenvalue weighted by atomic mass is 10.4. The Hall–Kier alpha value is -1.23. The van der Waals surface area contributed by atoms with Crippen molar-refractivity contribution in [1.82, 2.24) is 9.78 Å². The molecule has 0 aliphatic heterocycles. The molecule has 0 saturated heterocycles. The van der Waals surface area contributed by atoms with Crippen molar-refractivity contribution in [3.05, 3.63) is 18.0 Å². The van der Waals surface area contributed by atoms with E-state index in [-0.39, 0.29) is 0 Å². The highest BCUT2D eigenvalue weighted by Crippen LogP contribution is 1.90. The molecule has 0 radical (unpaired) electrons. The maximum atomic E-state index is 3.95. The first-order chi connectivity index (χ1) is 4.33. The standard InChI is InChI=1S/C7H8N2/c1-3-4-7-5-8-9(2)6-7/h5-6H,1-2H3. The Morgan fingerprint density at radius 1 is 1.67 bits per heavy atom. The van der Waals surface area contributed by atoms with Crippen LogP contribution in [0, 0.1) is 11.8 Å². The monoisotopic (exact) mass is 120 g/mol. The molecule has 9 heavy (non-hydrogen) atoms. The smallest absolute Gasteiger partial charge is 0.0646 e. The summed E-state index contributed by atoms with van der Waals surface area (Å²) in [6.07, 6.45) is 3.63. The minimum Gasteiger partial charge on any atom is -0.275 e. The molecule has 1 rings (SSSR count). The van der Waals surface area contributed by atoms with E-state index >= 15 is 0 Å². The minimum absolute atomic E-state index is 0.972. The predicted octanol–water partition coefficient (Wildman–Crippen LogP) is 0.791. The van der Waals surface area contributed by atoms with Gasteiger partial charge in [0, 0.05) is 13.2 Å². The highest BCUT2D eigenvalue weighted by molar-refractivity contribution is 5.28. The van der Waals surface area contributed by atoms with Gasteiger partial charge in [-0.15, -0.1) is 5.92 Å². The van der Waals surface area contributed by atoms with Gasteiger partial charge in [0.15, 0.2) is 0 Å². The molecule has 0 fully saturated rings. The van der Waals surface area contributed by atoms with Crippen molar-refractivity contribution in [1.29, 1.82) is 0 Å². The lowest BCUT2D eigenvalue weighted by Gasteiger charge is -1.78. The van der Waals surface area contributed by atoms with Gasteiger partial charge in [0.1, 0.15) is 0 Å². The molecule has 1 heterocycles. The average molecular weight is 120 g/mol. The summed E-state index contributed by atoms with van der Waals surface area (Å²) in [5.74, 6) is 5.69. The number of aromatic nitrogens is 2. The van der Waals surface area contributed by atoms with Crippen molar-refractivity contribution in [3.63, 3.8) is 0 Å². The fourth-order valence-corrected chi connectivity index (χ4v) is 0.630. The molecular weight excluding hydrogens is 112 g/mol. The van der Waals surface area contributed by atoms with Gasteiger partial charge in [0.25, 0.3) is 0 Å². The first-order valence-electron chi connectivity index (χ1n) is 2.74. The Balaban J connectivity index is 2.93. The molecular formula is C7H8N2. The van der Waals surface area contributed by atoms with E-state index in [4.69, 9.17) is 0 Å². The van der Waals surface area contributed by atoms with E-state index in [1.807, 2.05) is 20.2 Å². The molecule has 0 aliphatic carbocycles. The van der Waals surface area contributed by atoms with E-state index in [0.29, 0.717) is 0 Å². The predicted molar refractivity (Wildman–Crippen MR) is 35.8 cm³/mol. The van der Waals surface area contributed by atoms with Crippen LogP contribution < -0.4 is 0 Å². The summed E-state index contributed by atoms with van der Waals surface area (Å²) in [5.41, 5.74) is 0.972. The van der Waals surface area contributed by atoms with Gasteiger partial charge in [-0.2, -0.15) is 5.10 Å². The third-order valence-corrected chi connectivity index (χ3v) is 0.974. The zero-order valence-electron chi connectivity index (χ0n) is 5.55. The summed E-state index contributed by atoms with van der Waals surface area (Å²) in [4.78, 5) is 0. The largest absolute Gasteiger partial charge is 0.275 e. The number of aryl methyl sites for hydroxylation is 1. The summed E-state index contributed by atoms with van der Waals surface area (Å²) in [7, 11) is 1.88. The fraction of sp³-hybridized carbons (Fsp3) is 0.286. The highest BCUT2D eigenvalue weighted by Gasteiger charge is 1.86. The van der Waals surface area contributed by atoms with Crippen molar-refractivity contribution in [2.24, 2.45) is 7.05 Å². The fourth-order valence-electron chi connectivity index (χ4n) is 0.630. The Kier molecular flexibility index (Phi) is 1.55. The van der Waals surface area contributed by atoms with Crippen LogP contribution >= 0.6 is 0 Å². The summed E-state index contributed by atoms with van der Waals surface area (Å²) in [6.45, 7) is 1.81. The lowest BCUT2D eigenvalue weighted by molar-refractivity contribution is 0.767. The first kappa shape index (κ1) is 5.90. The lowest BCUT2D eigenvalue weighted by Crippen LogP contribution is -1.83. The molecule has 0 N–H and O–H groups in total. The average Bonchev–Trinajstić information content (AvgIpc) is 2.17. The molecule has 2 nitrogen and oxygen atoms in total. The number of hydrogen-bond donors (Lipinski definition) is 0. The molecule has 0 aliphatic rings. The molecule has 0 unspecified atom stereocenters. The van der Waals surface area contributed by atoms with Crippen LogP contribution in [0.2, 0.25) is 0 Å². The Morgan fingerprint density at radius 3 is 2.89 bits per heavy atom. The van der Waals surface area contributed by atoms with E-state index < -0.39 is 0 Å².